The Labute approximate surface area is 155 Å². The summed E-state index contributed by atoms with van der Waals surface area (Å²) >= 11 is 0.757. The minimum absolute atomic E-state index is 0.757. The average Bonchev–Trinajstić information content (AvgIpc) is 3.13. The van der Waals surface area contributed by atoms with Gasteiger partial charge < -0.3 is 0 Å². The molecule has 4 nitrogen and oxygen atoms in total. The second-order valence-corrected chi connectivity index (χ2v) is 6.94. The predicted octanol–water partition coefficient (Wildman–Crippen LogP) is 3.60. The van der Waals surface area contributed by atoms with Gasteiger partial charge in [-0.15, -0.1) is 0 Å². The van der Waals surface area contributed by atoms with Gasteiger partial charge in [-0.2, -0.15) is 0 Å². The van der Waals surface area contributed by atoms with Crippen LogP contribution in [-0.2, 0) is 40.3 Å². The first-order valence-electron chi connectivity index (χ1n) is 7.90. The summed E-state index contributed by atoms with van der Waals surface area (Å²) in [6.45, 7) is 6.72. The van der Waals surface area contributed by atoms with Crippen LogP contribution in [0.4, 0.5) is 0 Å². The van der Waals surface area contributed by atoms with Gasteiger partial charge in [-0.25, -0.2) is 18.3 Å². The number of aryl methyl sites for hydroxylation is 4. The molecule has 2 aromatic heterocycles. The number of unbranched alkanes of at least 4 members (excludes halogenated alkanes) is 2. The van der Waals surface area contributed by atoms with Crippen molar-refractivity contribution in [2.24, 2.45) is 14.1 Å². The fourth-order valence-corrected chi connectivity index (χ4v) is 1.95. The Balaban J connectivity index is 0.000000360. The molecule has 0 bridgehead atoms. The van der Waals surface area contributed by atoms with Crippen molar-refractivity contribution in [3.05, 3.63) is 37.4 Å². The zero-order chi connectivity index (χ0) is 17.5. The summed E-state index contributed by atoms with van der Waals surface area (Å²) in [5, 5.41) is 0. The van der Waals surface area contributed by atoms with E-state index >= 15 is 0 Å². The molecule has 0 amide bonds. The van der Waals surface area contributed by atoms with Gasteiger partial charge in [-0.3, -0.25) is 0 Å². The normalized spacial score (nSPS) is 9.83. The fourth-order valence-electron chi connectivity index (χ4n) is 1.95. The molecule has 0 N–H and O–H groups in total. The van der Waals surface area contributed by atoms with Crippen molar-refractivity contribution in [3.63, 3.8) is 0 Å². The number of imidazole rings is 2. The molecule has 0 fully saturated rings. The van der Waals surface area contributed by atoms with Crippen molar-refractivity contribution in [2.45, 2.75) is 52.6 Å². The number of aromatic nitrogens is 4. The third kappa shape index (κ3) is 12.6. The molecule has 0 aliphatic carbocycles. The van der Waals surface area contributed by atoms with Crippen LogP contribution in [0.5, 0.6) is 0 Å². The molecule has 23 heavy (non-hydrogen) atoms. The Morgan fingerprint density at radius 1 is 0.826 bits per heavy atom. The number of nitrogens with zero attached hydrogens (tertiary/aromatic N) is 4. The Hall–Kier alpha value is -0.481. The van der Waals surface area contributed by atoms with Crippen LogP contribution in [0.2, 0.25) is 0 Å². The SMILES string of the molecule is CCCC[n+]1ccn(C)c1.CCCC[n+]1ccn(C)c1.[Cl][Cu-2][Cl]. The second-order valence-electron chi connectivity index (χ2n) is 5.38. The first-order chi connectivity index (χ1) is 11.1. The van der Waals surface area contributed by atoms with E-state index in [1.54, 1.807) is 0 Å². The Morgan fingerprint density at radius 2 is 1.17 bits per heavy atom. The van der Waals surface area contributed by atoms with Crippen molar-refractivity contribution < 1.29 is 22.3 Å². The van der Waals surface area contributed by atoms with Crippen molar-refractivity contribution in [2.75, 3.05) is 0 Å². The molecule has 139 valence electrons. The van der Waals surface area contributed by atoms with E-state index in [-0.39, 0.29) is 0 Å². The summed E-state index contributed by atoms with van der Waals surface area (Å²) in [4.78, 5) is 0. The van der Waals surface area contributed by atoms with Crippen LogP contribution >= 0.6 is 20.2 Å². The maximum atomic E-state index is 4.67. The molecule has 0 unspecified atom stereocenters. The number of rotatable bonds is 6. The summed E-state index contributed by atoms with van der Waals surface area (Å²) in [7, 11) is 13.4. The van der Waals surface area contributed by atoms with Gasteiger partial charge in [0, 0.05) is 0 Å². The molecular formula is C16H30Cl2CuN4. The summed E-state index contributed by atoms with van der Waals surface area (Å²) in [5.41, 5.74) is 0. The summed E-state index contributed by atoms with van der Waals surface area (Å²) in [6.07, 6.45) is 17.6. The molecule has 0 saturated carbocycles. The topological polar surface area (TPSA) is 17.6 Å². The van der Waals surface area contributed by atoms with E-state index < -0.39 is 0 Å². The van der Waals surface area contributed by atoms with Gasteiger partial charge in [-0.05, 0) is 12.8 Å². The van der Waals surface area contributed by atoms with E-state index in [9.17, 15) is 0 Å². The molecule has 0 aliphatic rings. The monoisotopic (exact) mass is 411 g/mol. The minimum atomic E-state index is 0.757. The molecule has 0 radical (unpaired) electrons. The quantitative estimate of drug-likeness (QED) is 0.509. The van der Waals surface area contributed by atoms with Crippen molar-refractivity contribution in [1.82, 2.24) is 9.13 Å². The van der Waals surface area contributed by atoms with Gasteiger partial charge in [0.05, 0.1) is 27.2 Å². The zero-order valence-corrected chi connectivity index (χ0v) is 17.0. The second kappa shape index (κ2) is 15.1. The van der Waals surface area contributed by atoms with E-state index in [1.165, 1.54) is 25.7 Å². The molecule has 0 atom stereocenters. The number of halogens is 2. The molecule has 2 aromatic rings. The predicted molar refractivity (Wildman–Crippen MR) is 92.7 cm³/mol. The van der Waals surface area contributed by atoms with Gasteiger partial charge in [0.1, 0.15) is 24.8 Å². The van der Waals surface area contributed by atoms with Crippen LogP contribution in [0, 0.1) is 0 Å². The van der Waals surface area contributed by atoms with E-state index in [0.29, 0.717) is 0 Å². The van der Waals surface area contributed by atoms with E-state index in [2.05, 4.69) is 89.8 Å². The molecule has 7 heteroatoms. The third-order valence-electron chi connectivity index (χ3n) is 3.19. The molecule has 0 aliphatic heterocycles. The van der Waals surface area contributed by atoms with Gasteiger partial charge in [0.15, 0.2) is 0 Å². The van der Waals surface area contributed by atoms with E-state index in [1.807, 2.05) is 14.1 Å². The van der Waals surface area contributed by atoms with Crippen LogP contribution < -0.4 is 9.13 Å². The van der Waals surface area contributed by atoms with Crippen LogP contribution in [0.15, 0.2) is 37.4 Å². The Kier molecular flexibility index (Phi) is 14.8. The van der Waals surface area contributed by atoms with E-state index in [4.69, 9.17) is 0 Å². The Bertz CT molecular complexity index is 455. The standard InChI is InChI=1S/2C8H15N2.2ClH.Cu/c2*1-3-4-5-10-7-6-9(2)8-10;;;/h2*6-8H,3-5H2,1-2H3;2*1H;/q2*+1;;;/p-2. The molecule has 2 heterocycles. The zero-order valence-electron chi connectivity index (χ0n) is 14.6. The van der Waals surface area contributed by atoms with Crippen molar-refractivity contribution >= 4 is 20.2 Å². The first kappa shape index (κ1) is 22.5. The van der Waals surface area contributed by atoms with Crippen LogP contribution in [-0.4, -0.2) is 9.13 Å². The molecule has 0 aromatic carbocycles. The molecule has 0 saturated heterocycles. The van der Waals surface area contributed by atoms with Gasteiger partial charge in [0.25, 0.3) is 0 Å². The Morgan fingerprint density at radius 3 is 1.39 bits per heavy atom. The van der Waals surface area contributed by atoms with Gasteiger partial charge in [-0.1, -0.05) is 26.7 Å². The molecule has 0 spiro atoms. The first-order valence-corrected chi connectivity index (χ1v) is 10.5. The fraction of sp³-hybridized carbons (Fsp3) is 0.625. The van der Waals surface area contributed by atoms with Crippen molar-refractivity contribution in [3.8, 4) is 0 Å². The van der Waals surface area contributed by atoms with Crippen LogP contribution in [0.25, 0.3) is 0 Å². The third-order valence-corrected chi connectivity index (χ3v) is 3.19. The summed E-state index contributed by atoms with van der Waals surface area (Å²) in [6, 6.07) is 0. The number of hydrogen-bond acceptors (Lipinski definition) is 0. The maximum absolute atomic E-state index is 4.67. The summed E-state index contributed by atoms with van der Waals surface area (Å²) < 4.78 is 8.55. The van der Waals surface area contributed by atoms with Gasteiger partial charge in [0.2, 0.25) is 12.7 Å². The van der Waals surface area contributed by atoms with E-state index in [0.717, 1.165) is 26.2 Å². The average molecular weight is 413 g/mol. The van der Waals surface area contributed by atoms with Gasteiger partial charge >= 0.3 is 33.3 Å². The van der Waals surface area contributed by atoms with Crippen LogP contribution in [0.3, 0.4) is 0 Å². The van der Waals surface area contributed by atoms with Crippen LogP contribution in [0.1, 0.15) is 39.5 Å². The summed E-state index contributed by atoms with van der Waals surface area (Å²) in [5.74, 6) is 0. The molecule has 2 rings (SSSR count). The molecular weight excluding hydrogens is 383 g/mol. The van der Waals surface area contributed by atoms with Crippen molar-refractivity contribution in [1.29, 1.82) is 0 Å². The number of hydrogen-bond donors (Lipinski definition) is 0.